The van der Waals surface area contributed by atoms with Crippen LogP contribution in [0, 0.1) is 5.82 Å². The fourth-order valence-electron chi connectivity index (χ4n) is 3.34. The molecule has 5 nitrogen and oxygen atoms in total. The SMILES string of the molecule is CN(CCCNC(=O)CN1CCOC(c2ccc(F)cc2)C1)c1ccccc1. The molecule has 1 N–H and O–H groups in total. The van der Waals surface area contributed by atoms with Gasteiger partial charge in [-0.15, -0.1) is 0 Å². The topological polar surface area (TPSA) is 44.8 Å². The number of ether oxygens (including phenoxy) is 1. The van der Waals surface area contributed by atoms with E-state index in [9.17, 15) is 9.18 Å². The Morgan fingerprint density at radius 3 is 2.71 bits per heavy atom. The quantitative estimate of drug-likeness (QED) is 0.710. The lowest BCUT2D eigenvalue weighted by molar-refractivity contribution is -0.124. The number of hydrogen-bond donors (Lipinski definition) is 1. The average molecular weight is 385 g/mol. The summed E-state index contributed by atoms with van der Waals surface area (Å²) in [5.74, 6) is -0.226. The second-order valence-corrected chi connectivity index (χ2v) is 7.11. The van der Waals surface area contributed by atoms with E-state index in [0.717, 1.165) is 25.1 Å². The number of carbonyl (C=O) groups excluding carboxylic acids is 1. The van der Waals surface area contributed by atoms with Crippen LogP contribution in [0.25, 0.3) is 0 Å². The van der Waals surface area contributed by atoms with Crippen LogP contribution in [0.2, 0.25) is 0 Å². The highest BCUT2D eigenvalue weighted by Crippen LogP contribution is 2.22. The first-order valence-electron chi connectivity index (χ1n) is 9.74. The van der Waals surface area contributed by atoms with Gasteiger partial charge in [0, 0.05) is 38.9 Å². The van der Waals surface area contributed by atoms with Crippen molar-refractivity contribution in [2.24, 2.45) is 0 Å². The lowest BCUT2D eigenvalue weighted by Crippen LogP contribution is -2.44. The van der Waals surface area contributed by atoms with Gasteiger partial charge in [0.25, 0.3) is 0 Å². The van der Waals surface area contributed by atoms with Crippen molar-refractivity contribution in [3.8, 4) is 0 Å². The molecule has 0 aliphatic carbocycles. The van der Waals surface area contributed by atoms with Crippen molar-refractivity contribution in [1.29, 1.82) is 0 Å². The van der Waals surface area contributed by atoms with Crippen molar-refractivity contribution >= 4 is 11.6 Å². The number of rotatable bonds is 8. The first-order chi connectivity index (χ1) is 13.6. The summed E-state index contributed by atoms with van der Waals surface area (Å²) in [4.78, 5) is 16.5. The Labute approximate surface area is 166 Å². The smallest absolute Gasteiger partial charge is 0.234 e. The molecule has 0 bridgehead atoms. The van der Waals surface area contributed by atoms with Crippen LogP contribution in [0.5, 0.6) is 0 Å². The zero-order chi connectivity index (χ0) is 19.8. The molecule has 1 aliphatic rings. The van der Waals surface area contributed by atoms with Crippen LogP contribution < -0.4 is 10.2 Å². The van der Waals surface area contributed by atoms with Crippen LogP contribution in [-0.4, -0.2) is 57.2 Å². The number of amides is 1. The molecule has 3 rings (SSSR count). The van der Waals surface area contributed by atoms with E-state index in [2.05, 4.69) is 34.3 Å². The third-order valence-electron chi connectivity index (χ3n) is 4.95. The van der Waals surface area contributed by atoms with E-state index >= 15 is 0 Å². The molecule has 1 atom stereocenters. The lowest BCUT2D eigenvalue weighted by atomic mass is 10.1. The zero-order valence-corrected chi connectivity index (χ0v) is 16.3. The largest absolute Gasteiger partial charge is 0.375 e. The van der Waals surface area contributed by atoms with Crippen molar-refractivity contribution in [2.75, 3.05) is 51.3 Å². The molecule has 0 aromatic heterocycles. The molecule has 0 radical (unpaired) electrons. The molecule has 1 saturated heterocycles. The Hall–Kier alpha value is -2.44. The summed E-state index contributed by atoms with van der Waals surface area (Å²) in [6.45, 7) is 3.82. The van der Waals surface area contributed by atoms with E-state index in [1.54, 1.807) is 12.1 Å². The highest BCUT2D eigenvalue weighted by Gasteiger charge is 2.23. The maximum atomic E-state index is 13.1. The number of nitrogens with one attached hydrogen (secondary N) is 1. The summed E-state index contributed by atoms with van der Waals surface area (Å²) in [5, 5.41) is 3.00. The minimum atomic E-state index is -0.256. The predicted octanol–water partition coefficient (Wildman–Crippen LogP) is 2.84. The molecule has 1 amide bonds. The van der Waals surface area contributed by atoms with Crippen molar-refractivity contribution in [3.63, 3.8) is 0 Å². The second-order valence-electron chi connectivity index (χ2n) is 7.11. The summed E-state index contributed by atoms with van der Waals surface area (Å²) in [5.41, 5.74) is 2.12. The van der Waals surface area contributed by atoms with E-state index in [1.807, 2.05) is 18.2 Å². The zero-order valence-electron chi connectivity index (χ0n) is 16.3. The van der Waals surface area contributed by atoms with Crippen LogP contribution in [0.1, 0.15) is 18.1 Å². The molecule has 0 spiro atoms. The molecule has 1 unspecified atom stereocenters. The molecule has 2 aromatic rings. The second kappa shape index (κ2) is 10.2. The van der Waals surface area contributed by atoms with Crippen molar-refractivity contribution < 1.29 is 13.9 Å². The van der Waals surface area contributed by atoms with Gasteiger partial charge in [0.2, 0.25) is 5.91 Å². The van der Waals surface area contributed by atoms with Crippen LogP contribution >= 0.6 is 0 Å². The first-order valence-corrected chi connectivity index (χ1v) is 9.74. The number of hydrogen-bond acceptors (Lipinski definition) is 4. The number of morpholine rings is 1. The number of para-hydroxylation sites is 1. The fraction of sp³-hybridized carbons (Fsp3) is 0.409. The Morgan fingerprint density at radius 2 is 1.96 bits per heavy atom. The van der Waals surface area contributed by atoms with Gasteiger partial charge in [0.05, 0.1) is 19.3 Å². The Kier molecular flexibility index (Phi) is 7.39. The van der Waals surface area contributed by atoms with E-state index in [1.165, 1.54) is 17.8 Å². The molecule has 150 valence electrons. The van der Waals surface area contributed by atoms with Gasteiger partial charge in [0.1, 0.15) is 5.82 Å². The summed E-state index contributed by atoms with van der Waals surface area (Å²) >= 11 is 0. The van der Waals surface area contributed by atoms with E-state index in [4.69, 9.17) is 4.74 Å². The fourth-order valence-corrected chi connectivity index (χ4v) is 3.34. The summed E-state index contributed by atoms with van der Waals surface area (Å²) in [6.07, 6.45) is 0.764. The van der Waals surface area contributed by atoms with Crippen LogP contribution in [0.15, 0.2) is 54.6 Å². The standard InChI is InChI=1S/C22H28FN3O2/c1-25(20-6-3-2-4-7-20)13-5-12-24-22(27)17-26-14-15-28-21(16-26)18-8-10-19(23)11-9-18/h2-4,6-11,21H,5,12-17H2,1H3,(H,24,27). The van der Waals surface area contributed by atoms with Gasteiger partial charge < -0.3 is 15.0 Å². The molecule has 1 aliphatic heterocycles. The Morgan fingerprint density at radius 1 is 1.21 bits per heavy atom. The van der Waals surface area contributed by atoms with E-state index in [-0.39, 0.29) is 17.8 Å². The molecule has 6 heteroatoms. The highest BCUT2D eigenvalue weighted by molar-refractivity contribution is 5.78. The third-order valence-corrected chi connectivity index (χ3v) is 4.95. The number of nitrogens with zero attached hydrogens (tertiary/aromatic N) is 2. The summed E-state index contributed by atoms with van der Waals surface area (Å²) in [7, 11) is 2.06. The molecule has 0 saturated carbocycles. The molecular formula is C22H28FN3O2. The van der Waals surface area contributed by atoms with Crippen molar-refractivity contribution in [1.82, 2.24) is 10.2 Å². The maximum absolute atomic E-state index is 13.1. The number of anilines is 1. The van der Waals surface area contributed by atoms with Crippen LogP contribution in [0.4, 0.5) is 10.1 Å². The molecule has 2 aromatic carbocycles. The molecule has 1 fully saturated rings. The molecule has 28 heavy (non-hydrogen) atoms. The summed E-state index contributed by atoms with van der Waals surface area (Å²) in [6, 6.07) is 16.6. The van der Waals surface area contributed by atoms with Gasteiger partial charge in [-0.25, -0.2) is 4.39 Å². The van der Waals surface area contributed by atoms with Gasteiger partial charge in [0.15, 0.2) is 0 Å². The minimum Gasteiger partial charge on any atom is -0.375 e. The van der Waals surface area contributed by atoms with Crippen molar-refractivity contribution in [2.45, 2.75) is 12.5 Å². The number of benzene rings is 2. The maximum Gasteiger partial charge on any atom is 0.234 e. The van der Waals surface area contributed by atoms with E-state index in [0.29, 0.717) is 26.2 Å². The van der Waals surface area contributed by atoms with Crippen LogP contribution in [-0.2, 0) is 9.53 Å². The first kappa shape index (κ1) is 20.3. The molecular weight excluding hydrogens is 357 g/mol. The molecule has 1 heterocycles. The lowest BCUT2D eigenvalue weighted by Gasteiger charge is -2.32. The average Bonchev–Trinajstić information content (AvgIpc) is 2.72. The summed E-state index contributed by atoms with van der Waals surface area (Å²) < 4.78 is 18.9. The van der Waals surface area contributed by atoms with Gasteiger partial charge in [-0.3, -0.25) is 9.69 Å². The van der Waals surface area contributed by atoms with Crippen LogP contribution in [0.3, 0.4) is 0 Å². The monoisotopic (exact) mass is 385 g/mol. The number of halogens is 1. The van der Waals surface area contributed by atoms with Gasteiger partial charge in [-0.05, 0) is 36.2 Å². The Bertz CT molecular complexity index is 739. The Balaban J connectivity index is 1.36. The number of carbonyl (C=O) groups is 1. The van der Waals surface area contributed by atoms with Crippen molar-refractivity contribution in [3.05, 3.63) is 66.0 Å². The third kappa shape index (κ3) is 6.04. The van der Waals surface area contributed by atoms with Gasteiger partial charge >= 0.3 is 0 Å². The highest BCUT2D eigenvalue weighted by atomic mass is 19.1. The van der Waals surface area contributed by atoms with Gasteiger partial charge in [-0.1, -0.05) is 30.3 Å². The van der Waals surface area contributed by atoms with Gasteiger partial charge in [-0.2, -0.15) is 0 Å². The normalized spacial score (nSPS) is 17.3. The van der Waals surface area contributed by atoms with E-state index < -0.39 is 0 Å². The minimum absolute atomic E-state index is 0.0297. The predicted molar refractivity (Wildman–Crippen MR) is 109 cm³/mol.